The molecule has 44 heavy (non-hydrogen) atoms. The van der Waals surface area contributed by atoms with Crippen LogP contribution in [0.25, 0.3) is 50.4 Å². The highest BCUT2D eigenvalue weighted by Gasteiger charge is 2.17. The third kappa shape index (κ3) is 4.43. The number of rotatable bonds is 6. The van der Waals surface area contributed by atoms with Gasteiger partial charge in [-0.2, -0.15) is 0 Å². The Morgan fingerprint density at radius 3 is 1.68 bits per heavy atom. The molecule has 8 rings (SSSR count). The molecular formula is C39H28N4O. The maximum Gasteiger partial charge on any atom is 0.248 e. The van der Waals surface area contributed by atoms with E-state index in [-0.39, 0.29) is 0 Å². The van der Waals surface area contributed by atoms with Gasteiger partial charge >= 0.3 is 0 Å². The molecule has 5 heteroatoms. The van der Waals surface area contributed by atoms with Gasteiger partial charge in [0.05, 0.1) is 11.0 Å². The first-order chi connectivity index (χ1) is 21.7. The number of benzene rings is 6. The summed E-state index contributed by atoms with van der Waals surface area (Å²) in [4.78, 5) is 2.26. The summed E-state index contributed by atoms with van der Waals surface area (Å²) in [7, 11) is 0. The third-order valence-corrected chi connectivity index (χ3v) is 8.13. The first kappa shape index (κ1) is 25.7. The molecule has 0 spiro atoms. The second kappa shape index (κ2) is 10.7. The van der Waals surface area contributed by atoms with Crippen LogP contribution in [0, 0.1) is 6.92 Å². The summed E-state index contributed by atoms with van der Waals surface area (Å²) in [5.41, 5.74) is 9.60. The number of anilines is 3. The number of hydrogen-bond donors (Lipinski definition) is 0. The Morgan fingerprint density at radius 2 is 1.02 bits per heavy atom. The maximum atomic E-state index is 6.08. The van der Waals surface area contributed by atoms with E-state index in [1.807, 2.05) is 49.4 Å². The Morgan fingerprint density at radius 1 is 0.500 bits per heavy atom. The molecule has 0 bridgehead atoms. The van der Waals surface area contributed by atoms with E-state index in [4.69, 9.17) is 4.42 Å². The van der Waals surface area contributed by atoms with Gasteiger partial charge in [0.2, 0.25) is 11.8 Å². The fourth-order valence-corrected chi connectivity index (χ4v) is 5.99. The molecule has 5 nitrogen and oxygen atoms in total. The van der Waals surface area contributed by atoms with Gasteiger partial charge in [0, 0.05) is 44.6 Å². The molecular weight excluding hydrogens is 540 g/mol. The predicted molar refractivity (Wildman–Crippen MR) is 179 cm³/mol. The molecule has 0 amide bonds. The Kier molecular flexibility index (Phi) is 6.27. The van der Waals surface area contributed by atoms with Crippen LogP contribution < -0.4 is 4.90 Å². The second-order valence-corrected chi connectivity index (χ2v) is 10.8. The first-order valence-corrected chi connectivity index (χ1v) is 14.7. The van der Waals surface area contributed by atoms with Crippen molar-refractivity contribution in [2.75, 3.05) is 4.90 Å². The van der Waals surface area contributed by atoms with Crippen LogP contribution in [0.1, 0.15) is 5.56 Å². The zero-order valence-corrected chi connectivity index (χ0v) is 24.1. The van der Waals surface area contributed by atoms with Gasteiger partial charge in [-0.05, 0) is 91.3 Å². The lowest BCUT2D eigenvalue weighted by Gasteiger charge is -2.26. The van der Waals surface area contributed by atoms with E-state index in [0.717, 1.165) is 39.4 Å². The first-order valence-electron chi connectivity index (χ1n) is 14.7. The summed E-state index contributed by atoms with van der Waals surface area (Å²) in [5, 5.41) is 11.2. The van der Waals surface area contributed by atoms with Crippen molar-refractivity contribution in [2.45, 2.75) is 6.92 Å². The van der Waals surface area contributed by atoms with Gasteiger partial charge in [-0.15, -0.1) is 10.2 Å². The van der Waals surface area contributed by atoms with Gasteiger partial charge < -0.3 is 13.9 Å². The number of nitrogens with zero attached hydrogens (tertiary/aromatic N) is 4. The number of aryl methyl sites for hydroxylation is 1. The van der Waals surface area contributed by atoms with E-state index in [1.54, 1.807) is 0 Å². The van der Waals surface area contributed by atoms with Crippen molar-refractivity contribution in [3.63, 3.8) is 0 Å². The molecule has 210 valence electrons. The van der Waals surface area contributed by atoms with Gasteiger partial charge in [0.1, 0.15) is 0 Å². The molecule has 0 aliphatic rings. The van der Waals surface area contributed by atoms with E-state index in [2.05, 4.69) is 129 Å². The van der Waals surface area contributed by atoms with E-state index in [1.165, 1.54) is 21.8 Å². The summed E-state index contributed by atoms with van der Waals surface area (Å²) in [5.74, 6) is 1.02. The molecule has 0 saturated carbocycles. The predicted octanol–water partition coefficient (Wildman–Crippen LogP) is 10.3. The highest BCUT2D eigenvalue weighted by molar-refractivity contribution is 6.09. The van der Waals surface area contributed by atoms with Crippen molar-refractivity contribution in [1.82, 2.24) is 14.8 Å². The molecule has 0 aliphatic carbocycles. The SMILES string of the molecule is Cc1ccccc1-c1nnc(-c2ccc(N(c3ccccc3)c3ccc(-n4c5ccccc5c5ccccc54)cc3)cc2)o1. The molecule has 6 aromatic carbocycles. The molecule has 0 unspecified atom stereocenters. The van der Waals surface area contributed by atoms with E-state index < -0.39 is 0 Å². The molecule has 0 fully saturated rings. The highest BCUT2D eigenvalue weighted by Crippen LogP contribution is 2.37. The summed E-state index contributed by atoms with van der Waals surface area (Å²) >= 11 is 0. The standard InChI is InChI=1S/C39H28N4O/c1-27-11-5-6-14-33(27)39-41-40-38(44-39)28-19-21-30(22-20-28)42(29-12-3-2-4-13-29)31-23-25-32(26-24-31)43-36-17-9-7-15-34(36)35-16-8-10-18-37(35)43/h2-26H,1H3. The number of hydrogen-bond acceptors (Lipinski definition) is 4. The lowest BCUT2D eigenvalue weighted by Crippen LogP contribution is -2.10. The zero-order chi connectivity index (χ0) is 29.5. The molecule has 0 aliphatic heterocycles. The highest BCUT2D eigenvalue weighted by atomic mass is 16.4. The molecule has 0 radical (unpaired) electrons. The zero-order valence-electron chi connectivity index (χ0n) is 24.1. The molecule has 0 saturated heterocycles. The normalized spacial score (nSPS) is 11.3. The van der Waals surface area contributed by atoms with Crippen LogP contribution in [0.15, 0.2) is 156 Å². The summed E-state index contributed by atoms with van der Waals surface area (Å²) in [6.45, 7) is 2.04. The van der Waals surface area contributed by atoms with Crippen molar-refractivity contribution >= 4 is 38.9 Å². The molecule has 0 atom stereocenters. The van der Waals surface area contributed by atoms with Crippen LogP contribution in [0.2, 0.25) is 0 Å². The van der Waals surface area contributed by atoms with E-state index in [0.29, 0.717) is 11.8 Å². The van der Waals surface area contributed by atoms with Crippen LogP contribution in [0.3, 0.4) is 0 Å². The molecule has 0 N–H and O–H groups in total. The minimum atomic E-state index is 0.497. The van der Waals surface area contributed by atoms with Gasteiger partial charge in [-0.3, -0.25) is 0 Å². The van der Waals surface area contributed by atoms with Crippen molar-refractivity contribution in [3.05, 3.63) is 157 Å². The lowest BCUT2D eigenvalue weighted by molar-refractivity contribution is 0.584. The summed E-state index contributed by atoms with van der Waals surface area (Å²) in [6.07, 6.45) is 0. The van der Waals surface area contributed by atoms with E-state index in [9.17, 15) is 0 Å². The maximum absolute atomic E-state index is 6.08. The van der Waals surface area contributed by atoms with Gasteiger partial charge in [0.15, 0.2) is 0 Å². The average molecular weight is 569 g/mol. The second-order valence-electron chi connectivity index (χ2n) is 10.8. The largest absolute Gasteiger partial charge is 0.416 e. The van der Waals surface area contributed by atoms with Crippen LogP contribution in [-0.4, -0.2) is 14.8 Å². The monoisotopic (exact) mass is 568 g/mol. The molecule has 2 heterocycles. The lowest BCUT2D eigenvalue weighted by atomic mass is 10.1. The Balaban J connectivity index is 1.16. The number of para-hydroxylation sites is 3. The van der Waals surface area contributed by atoms with Crippen molar-refractivity contribution in [3.8, 4) is 28.6 Å². The van der Waals surface area contributed by atoms with Gasteiger partial charge in [-0.1, -0.05) is 72.8 Å². The topological polar surface area (TPSA) is 47.1 Å². The number of aromatic nitrogens is 3. The van der Waals surface area contributed by atoms with Crippen LogP contribution in [0.4, 0.5) is 17.1 Å². The number of fused-ring (bicyclic) bond motifs is 3. The van der Waals surface area contributed by atoms with Crippen molar-refractivity contribution in [1.29, 1.82) is 0 Å². The fraction of sp³-hybridized carbons (Fsp3) is 0.0256. The molecule has 8 aromatic rings. The summed E-state index contributed by atoms with van der Waals surface area (Å²) < 4.78 is 8.42. The Bertz CT molecular complexity index is 2180. The minimum absolute atomic E-state index is 0.497. The van der Waals surface area contributed by atoms with Crippen LogP contribution in [0.5, 0.6) is 0 Å². The van der Waals surface area contributed by atoms with Crippen LogP contribution in [-0.2, 0) is 0 Å². The van der Waals surface area contributed by atoms with Crippen molar-refractivity contribution in [2.24, 2.45) is 0 Å². The van der Waals surface area contributed by atoms with Crippen LogP contribution >= 0.6 is 0 Å². The average Bonchev–Trinajstić information content (AvgIpc) is 3.70. The van der Waals surface area contributed by atoms with E-state index >= 15 is 0 Å². The van der Waals surface area contributed by atoms with Gasteiger partial charge in [-0.25, -0.2) is 0 Å². The fourth-order valence-electron chi connectivity index (χ4n) is 5.99. The Labute approximate surface area is 255 Å². The van der Waals surface area contributed by atoms with Crippen molar-refractivity contribution < 1.29 is 4.42 Å². The quantitative estimate of drug-likeness (QED) is 0.200. The third-order valence-electron chi connectivity index (χ3n) is 8.13. The van der Waals surface area contributed by atoms with Gasteiger partial charge in [0.25, 0.3) is 0 Å². The molecule has 2 aromatic heterocycles. The summed E-state index contributed by atoms with van der Waals surface area (Å²) in [6, 6.07) is 52.7. The Hall–Kier alpha value is -5.94. The minimum Gasteiger partial charge on any atom is -0.416 e. The smallest absolute Gasteiger partial charge is 0.248 e.